The Hall–Kier alpha value is -0.950. The lowest BCUT2D eigenvalue weighted by Crippen LogP contribution is -2.21. The lowest BCUT2D eigenvalue weighted by atomic mass is 10.1. The molecule has 7 heteroatoms. The molecule has 108 valence electrons. The number of aromatic nitrogens is 1. The molecule has 0 amide bonds. The summed E-state index contributed by atoms with van der Waals surface area (Å²) in [5, 5.41) is 0. The van der Waals surface area contributed by atoms with Crippen LogP contribution in [0.1, 0.15) is 19.0 Å². The van der Waals surface area contributed by atoms with Crippen LogP contribution in [0.25, 0.3) is 0 Å². The van der Waals surface area contributed by atoms with Gasteiger partial charge in [0.1, 0.15) is 5.75 Å². The van der Waals surface area contributed by atoms with Crippen LogP contribution >= 0.6 is 11.8 Å². The Kier molecular flexibility index (Phi) is 6.44. The van der Waals surface area contributed by atoms with Crippen molar-refractivity contribution in [3.05, 3.63) is 24.0 Å². The van der Waals surface area contributed by atoms with Crippen LogP contribution < -0.4 is 10.5 Å². The van der Waals surface area contributed by atoms with Crippen molar-refractivity contribution in [3.8, 4) is 5.75 Å². The van der Waals surface area contributed by atoms with Gasteiger partial charge >= 0.3 is 5.51 Å². The van der Waals surface area contributed by atoms with E-state index >= 15 is 0 Å². The minimum absolute atomic E-state index is 0.000320. The van der Waals surface area contributed by atoms with Crippen LogP contribution in [-0.4, -0.2) is 28.9 Å². The van der Waals surface area contributed by atoms with Crippen LogP contribution in [0, 0.1) is 0 Å². The summed E-state index contributed by atoms with van der Waals surface area (Å²) in [5.74, 6) is 0.336. The quantitative estimate of drug-likeness (QED) is 0.785. The SMILES string of the molecule is CCC(N)Cc1ccc(OCCSC(F)(F)F)cn1. The first kappa shape index (κ1) is 16.1. The van der Waals surface area contributed by atoms with E-state index in [-0.39, 0.29) is 30.2 Å². The molecule has 0 aromatic carbocycles. The van der Waals surface area contributed by atoms with Gasteiger partial charge in [0.25, 0.3) is 0 Å². The fraction of sp³-hybridized carbons (Fsp3) is 0.583. The van der Waals surface area contributed by atoms with Gasteiger partial charge in [0.05, 0.1) is 12.8 Å². The molecule has 0 aliphatic rings. The van der Waals surface area contributed by atoms with E-state index in [9.17, 15) is 13.2 Å². The summed E-state index contributed by atoms with van der Waals surface area (Å²) in [5.41, 5.74) is 2.45. The molecule has 1 unspecified atom stereocenters. The molecule has 0 bridgehead atoms. The zero-order chi connectivity index (χ0) is 14.3. The third kappa shape index (κ3) is 7.27. The standard InChI is InChI=1S/C12H17F3N2OS/c1-2-9(16)7-10-3-4-11(8-17-10)18-5-6-19-12(13,14)15/h3-4,8-9H,2,5-7,16H2,1H3. The Balaban J connectivity index is 2.32. The molecule has 19 heavy (non-hydrogen) atoms. The second-order valence-electron chi connectivity index (χ2n) is 4.00. The lowest BCUT2D eigenvalue weighted by Gasteiger charge is -2.10. The van der Waals surface area contributed by atoms with Crippen molar-refractivity contribution in [3.63, 3.8) is 0 Å². The first-order chi connectivity index (χ1) is 8.90. The number of hydrogen-bond donors (Lipinski definition) is 1. The molecule has 0 aliphatic heterocycles. The van der Waals surface area contributed by atoms with Crippen LogP contribution in [0.2, 0.25) is 0 Å². The summed E-state index contributed by atoms with van der Waals surface area (Å²) < 4.78 is 40.8. The number of ether oxygens (including phenoxy) is 1. The molecule has 2 N–H and O–H groups in total. The highest BCUT2D eigenvalue weighted by Gasteiger charge is 2.27. The summed E-state index contributed by atoms with van der Waals surface area (Å²) in [4.78, 5) is 4.16. The molecule has 0 saturated heterocycles. The van der Waals surface area contributed by atoms with Crippen LogP contribution in [0.5, 0.6) is 5.75 Å². The largest absolute Gasteiger partial charge is 0.491 e. The minimum atomic E-state index is -4.21. The first-order valence-corrected chi connectivity index (χ1v) is 6.93. The number of thioether (sulfide) groups is 1. The molecule has 1 heterocycles. The van der Waals surface area contributed by atoms with Crippen LogP contribution in [0.3, 0.4) is 0 Å². The van der Waals surface area contributed by atoms with Crippen molar-refractivity contribution in [2.45, 2.75) is 31.3 Å². The Bertz CT molecular complexity index is 370. The first-order valence-electron chi connectivity index (χ1n) is 5.94. The molecule has 0 radical (unpaired) electrons. The maximum absolute atomic E-state index is 11.9. The number of hydrogen-bond acceptors (Lipinski definition) is 4. The van der Waals surface area contributed by atoms with E-state index in [1.54, 1.807) is 12.1 Å². The van der Waals surface area contributed by atoms with Gasteiger partial charge < -0.3 is 10.5 Å². The molecule has 3 nitrogen and oxygen atoms in total. The maximum atomic E-state index is 11.9. The second kappa shape index (κ2) is 7.59. The fourth-order valence-electron chi connectivity index (χ4n) is 1.35. The summed E-state index contributed by atoms with van der Waals surface area (Å²) in [6, 6.07) is 3.55. The van der Waals surface area contributed by atoms with Gasteiger partial charge in [0.2, 0.25) is 0 Å². The summed E-state index contributed by atoms with van der Waals surface area (Å²) >= 11 is -0.0946. The van der Waals surface area contributed by atoms with Gasteiger partial charge in [-0.05, 0) is 30.3 Å². The van der Waals surface area contributed by atoms with E-state index in [0.717, 1.165) is 12.1 Å². The third-order valence-electron chi connectivity index (χ3n) is 2.41. The van der Waals surface area contributed by atoms with Gasteiger partial charge in [-0.2, -0.15) is 13.2 Å². The third-order valence-corrected chi connectivity index (χ3v) is 3.11. The number of nitrogens with zero attached hydrogens (tertiary/aromatic N) is 1. The molecule has 1 atom stereocenters. The Labute approximate surface area is 114 Å². The Morgan fingerprint density at radius 3 is 2.68 bits per heavy atom. The van der Waals surface area contributed by atoms with E-state index < -0.39 is 5.51 Å². The molecule has 1 aromatic heterocycles. The van der Waals surface area contributed by atoms with Gasteiger partial charge in [-0.15, -0.1) is 0 Å². The molecule has 0 spiro atoms. The van der Waals surface area contributed by atoms with Crippen LogP contribution in [0.4, 0.5) is 13.2 Å². The predicted octanol–water partition coefficient (Wildman–Crippen LogP) is 2.99. The van der Waals surface area contributed by atoms with Crippen molar-refractivity contribution >= 4 is 11.8 Å². The molecule has 1 aromatic rings. The second-order valence-corrected chi connectivity index (χ2v) is 5.16. The fourth-order valence-corrected chi connectivity index (χ4v) is 1.75. The lowest BCUT2D eigenvalue weighted by molar-refractivity contribution is -0.0329. The zero-order valence-corrected chi connectivity index (χ0v) is 11.4. The molecule has 0 saturated carbocycles. The van der Waals surface area contributed by atoms with Crippen LogP contribution in [0.15, 0.2) is 18.3 Å². The zero-order valence-electron chi connectivity index (χ0n) is 10.6. The number of alkyl halides is 3. The minimum Gasteiger partial charge on any atom is -0.491 e. The van der Waals surface area contributed by atoms with E-state index in [1.165, 1.54) is 6.20 Å². The Morgan fingerprint density at radius 2 is 2.16 bits per heavy atom. The monoisotopic (exact) mass is 294 g/mol. The van der Waals surface area contributed by atoms with E-state index in [1.807, 2.05) is 6.92 Å². The number of rotatable bonds is 7. The maximum Gasteiger partial charge on any atom is 0.441 e. The molecular formula is C12H17F3N2OS. The average molecular weight is 294 g/mol. The highest BCUT2D eigenvalue weighted by molar-refractivity contribution is 8.00. The average Bonchev–Trinajstić information content (AvgIpc) is 2.35. The van der Waals surface area contributed by atoms with Gasteiger partial charge in [-0.1, -0.05) is 6.92 Å². The van der Waals surface area contributed by atoms with Gasteiger partial charge in [0.15, 0.2) is 0 Å². The van der Waals surface area contributed by atoms with Crippen molar-refractivity contribution < 1.29 is 17.9 Å². The molecule has 1 rings (SSSR count). The summed E-state index contributed by atoms with van der Waals surface area (Å²) in [7, 11) is 0. The number of halogens is 3. The normalized spacial score (nSPS) is 13.3. The number of nitrogens with two attached hydrogens (primary N) is 1. The predicted molar refractivity (Wildman–Crippen MR) is 70.2 cm³/mol. The van der Waals surface area contributed by atoms with Crippen LogP contribution in [-0.2, 0) is 6.42 Å². The molecule has 0 fully saturated rings. The van der Waals surface area contributed by atoms with Crippen molar-refractivity contribution in [2.75, 3.05) is 12.4 Å². The van der Waals surface area contributed by atoms with Crippen molar-refractivity contribution in [2.24, 2.45) is 5.73 Å². The highest BCUT2D eigenvalue weighted by atomic mass is 32.2. The van der Waals surface area contributed by atoms with Gasteiger partial charge in [-0.25, -0.2) is 0 Å². The van der Waals surface area contributed by atoms with E-state index in [2.05, 4.69) is 4.98 Å². The molecule has 0 aliphatic carbocycles. The summed E-state index contributed by atoms with van der Waals surface area (Å²) in [6.07, 6.45) is 3.06. The summed E-state index contributed by atoms with van der Waals surface area (Å²) in [6.45, 7) is 2.00. The molecular weight excluding hydrogens is 277 g/mol. The topological polar surface area (TPSA) is 48.1 Å². The van der Waals surface area contributed by atoms with Gasteiger partial charge in [0, 0.05) is 23.9 Å². The Morgan fingerprint density at radius 1 is 1.42 bits per heavy atom. The van der Waals surface area contributed by atoms with E-state index in [0.29, 0.717) is 12.2 Å². The van der Waals surface area contributed by atoms with Gasteiger partial charge in [-0.3, -0.25) is 4.98 Å². The smallest absolute Gasteiger partial charge is 0.441 e. The van der Waals surface area contributed by atoms with Crippen molar-refractivity contribution in [1.29, 1.82) is 0 Å². The van der Waals surface area contributed by atoms with Crippen molar-refractivity contribution in [1.82, 2.24) is 4.98 Å². The van der Waals surface area contributed by atoms with E-state index in [4.69, 9.17) is 10.5 Å². The number of pyridine rings is 1. The highest BCUT2D eigenvalue weighted by Crippen LogP contribution is 2.29.